The minimum Gasteiger partial charge on any atom is -0.289 e. The Morgan fingerprint density at radius 1 is 0.269 bits per heavy atom. The fraction of sp³-hybridized carbons (Fsp3) is 0.200. The van der Waals surface area contributed by atoms with Gasteiger partial charge in [-0.2, -0.15) is 76.9 Å². The molecule has 12 nitrogen and oxygen atoms in total. The summed E-state index contributed by atoms with van der Waals surface area (Å²) in [6, 6.07) is 126. The van der Waals surface area contributed by atoms with E-state index in [-0.39, 0.29) is 95.8 Å². The van der Waals surface area contributed by atoms with Gasteiger partial charge in [0.05, 0.1) is 39.0 Å². The van der Waals surface area contributed by atoms with Crippen LogP contribution in [0.1, 0.15) is 113 Å². The standard InChI is InChI=1S/2C41H28N4.C35H26N4.3CH4.2U/c1-2-9-25(10-3-1)28-18-21-36-42(24-28)41-33-14-8-11-26(33)23-27-17-19-31-29-12-4-6-15-34(29)43(39(31)38(27)41)37-22-20-32-30-13-5-7-16-35(30)44(36)40(32)45(37)41;1-2-9-25(10-3-1)26-21-22-42-37(24-26)44-35-16-7-5-13-30(35)32-19-20-36-43-34-15-6-4-12-29(34)31-18-17-28-23-27-11-8-14-33(27)41(42,38(28)39(31)43)45(36)40(32)44;1-3-13-28-23(9-1)25-18-17-22-20-21-8-5-12-27(21)35-32(22)33(25)37(28)30-15-6-16-31(39(30)35)38-29-14-4-2-10-24(29)26-11-7-19-36(35)34(26)38;;;;;/h1-7,9,12-13,15-17,19-22,24,26,33H,8,11,14,23H2;1-7,9,12-13,15-20,22,24,27,33H,8,11,14,23H2;1-4,6-7,9-11,13-19,21,27H,5,8,12,20H2;3*1H4;;/q;;+2;;;;2*+2. The van der Waals surface area contributed by atoms with Crippen molar-refractivity contribution in [3.63, 3.8) is 0 Å². The second-order valence-corrected chi connectivity index (χ2v) is 39.2. The van der Waals surface area contributed by atoms with Crippen LogP contribution >= 0.6 is 0 Å². The number of nitrogens with zero attached hydrogens (tertiary/aromatic N) is 12. The number of aromatic nitrogens is 12. The molecule has 18 heterocycles. The third-order valence-electron chi connectivity index (χ3n) is 34.1. The van der Waals surface area contributed by atoms with E-state index in [0.29, 0.717) is 35.5 Å². The fourth-order valence-corrected chi connectivity index (χ4v) is 29.9. The normalized spacial score (nSPS) is 21.6. The Balaban J connectivity index is 0.0000000985. The van der Waals surface area contributed by atoms with E-state index < -0.39 is 5.66 Å². The molecule has 12 aromatic heterocycles. The van der Waals surface area contributed by atoms with Crippen molar-refractivity contribution < 1.29 is 89.6 Å². The van der Waals surface area contributed by atoms with E-state index in [9.17, 15) is 0 Å². The summed E-state index contributed by atoms with van der Waals surface area (Å²) in [5, 5.41) is 16.0. The third-order valence-corrected chi connectivity index (χ3v) is 34.1. The van der Waals surface area contributed by atoms with Gasteiger partial charge in [-0.25, -0.2) is 45.1 Å². The Bertz CT molecular complexity index is 9200. The van der Waals surface area contributed by atoms with Gasteiger partial charge in [-0.1, -0.05) is 187 Å². The van der Waals surface area contributed by atoms with Crippen LogP contribution in [-0.2, 0) is 36.3 Å². The van der Waals surface area contributed by atoms with Crippen molar-refractivity contribution in [3.8, 4) is 57.2 Å². The topological polar surface area (TPSA) is 52.9 Å². The molecule has 6 aliphatic carbocycles. The summed E-state index contributed by atoms with van der Waals surface area (Å²) in [5.74, 6) is 11.0. The molecule has 11 aromatic carbocycles. The smallest absolute Gasteiger partial charge is 0.289 e. The van der Waals surface area contributed by atoms with Gasteiger partial charge in [0.2, 0.25) is 28.7 Å². The zero-order valence-corrected chi connectivity index (χ0v) is 80.2. The zero-order chi connectivity index (χ0) is 83.1. The average Bonchev–Trinajstić information content (AvgIpc) is 1.42. The molecule has 6 aliphatic heterocycles. The molecule has 0 N–H and O–H groups in total. The summed E-state index contributed by atoms with van der Waals surface area (Å²) in [6.45, 7) is 0. The van der Waals surface area contributed by atoms with Crippen molar-refractivity contribution in [2.45, 2.75) is 116 Å². The van der Waals surface area contributed by atoms with E-state index in [4.69, 9.17) is 0 Å². The molecule has 0 radical (unpaired) electrons. The molecule has 12 aliphatic rings. The number of hydrogen-bond donors (Lipinski definition) is 0. The molecule has 35 rings (SSSR count). The molecular formula is C120H94N12U2+6. The monoisotopic (exact) mass is 2180 g/mol. The van der Waals surface area contributed by atoms with E-state index in [1.807, 2.05) is 24.3 Å². The van der Waals surface area contributed by atoms with E-state index >= 15 is 0 Å². The number of fused-ring (bicyclic) bond motifs is 29. The molecule has 9 atom stereocenters. The maximum atomic E-state index is 3.79. The second-order valence-electron chi connectivity index (χ2n) is 39.2. The van der Waals surface area contributed by atoms with Gasteiger partial charge < -0.3 is 0 Å². The average molecular weight is 2180 g/mol. The predicted octanol–water partition coefficient (Wildman–Crippen LogP) is 23.4. The Morgan fingerprint density at radius 3 is 1.09 bits per heavy atom. The molecule has 134 heavy (non-hydrogen) atoms. The van der Waals surface area contributed by atoms with E-state index in [1.165, 1.54) is 258 Å². The van der Waals surface area contributed by atoms with Crippen LogP contribution in [0.4, 0.5) is 0 Å². The van der Waals surface area contributed by atoms with Crippen LogP contribution in [0, 0.1) is 122 Å². The van der Waals surface area contributed by atoms with Gasteiger partial charge in [0.25, 0.3) is 22.8 Å². The molecule has 23 aromatic rings. The summed E-state index contributed by atoms with van der Waals surface area (Å²) in [5.41, 5.74) is 28.1. The maximum Gasteiger partial charge on any atom is 2.00 e. The van der Waals surface area contributed by atoms with Gasteiger partial charge in [0.1, 0.15) is 49.7 Å². The van der Waals surface area contributed by atoms with Crippen LogP contribution in [0.3, 0.4) is 0 Å². The number of pyridine rings is 6. The van der Waals surface area contributed by atoms with E-state index in [0.717, 1.165) is 35.1 Å². The van der Waals surface area contributed by atoms with Gasteiger partial charge in [-0.3, -0.25) is 15.7 Å². The van der Waals surface area contributed by atoms with Crippen LogP contribution in [-0.4, -0.2) is 27.4 Å². The molecule has 3 spiro atoms. The van der Waals surface area contributed by atoms with Gasteiger partial charge in [-0.05, 0) is 171 Å². The molecular weight excluding hydrogens is 2090 g/mol. The zero-order valence-electron chi connectivity index (χ0n) is 71.8. The Morgan fingerprint density at radius 2 is 0.634 bits per heavy atom. The van der Waals surface area contributed by atoms with E-state index in [1.54, 1.807) is 5.56 Å². The van der Waals surface area contributed by atoms with Crippen molar-refractivity contribution in [1.29, 1.82) is 0 Å². The molecule has 3 fully saturated rings. The van der Waals surface area contributed by atoms with Crippen LogP contribution < -0.4 is 27.4 Å². The van der Waals surface area contributed by atoms with Crippen LogP contribution in [0.15, 0.2) is 316 Å². The van der Waals surface area contributed by atoms with Crippen LogP contribution in [0.5, 0.6) is 0 Å². The first-order valence-electron chi connectivity index (χ1n) is 47.1. The maximum absolute atomic E-state index is 3.79. The fourth-order valence-electron chi connectivity index (χ4n) is 29.9. The number of hydrogen-bond acceptors (Lipinski definition) is 0. The second kappa shape index (κ2) is 28.0. The summed E-state index contributed by atoms with van der Waals surface area (Å²) >= 11 is 0. The Labute approximate surface area is 823 Å². The summed E-state index contributed by atoms with van der Waals surface area (Å²) in [6.07, 6.45) is 22.1. The first-order valence-corrected chi connectivity index (χ1v) is 47.1. The van der Waals surface area contributed by atoms with Gasteiger partial charge >= 0.3 is 67.9 Å². The molecule has 14 heteroatoms. The number of para-hydroxylation sites is 6. The SMILES string of the molecule is C.C.C.[U+2].[U+2].[c-]1ccccc1-c1[c-]c[n+]2c(c1)-n1c3ccccc3c3ccc4[n+](c31)C21c2c(ccc3c5ccccc5n-4c23)CC2CCCC21.[c-]1ccccc1-c1[c-]cc2[n+](c1)C13c4c(ccc5c6ccccc6n(c45)-c4ccc5c6ccccc6n-2c5[n+]41)CC1CCCC13.c1cc2[n+]3c(c1)-n1c4ccccc4c4ccc[n+](c41)C31c3c(ccc4c5ccccc5n-2c34)CC2CCCC21. The van der Waals surface area contributed by atoms with Crippen molar-refractivity contribution in [1.82, 2.24) is 27.4 Å². The Hall–Kier alpha value is -12.8. The summed E-state index contributed by atoms with van der Waals surface area (Å²) < 4.78 is 31.7. The summed E-state index contributed by atoms with van der Waals surface area (Å²) in [4.78, 5) is 0. The minimum atomic E-state index is -0.397. The van der Waals surface area contributed by atoms with Gasteiger partial charge in [0, 0.05) is 96.7 Å². The van der Waals surface area contributed by atoms with Crippen molar-refractivity contribution in [3.05, 3.63) is 373 Å². The minimum absolute atomic E-state index is 0. The number of benzene rings is 11. The largest absolute Gasteiger partial charge is 2.00 e. The quantitative estimate of drug-likeness (QED) is 0.122. The van der Waals surface area contributed by atoms with Crippen LogP contribution in [0.2, 0.25) is 0 Å². The molecule has 3 saturated carbocycles. The molecule has 636 valence electrons. The summed E-state index contributed by atoms with van der Waals surface area (Å²) in [7, 11) is 0. The van der Waals surface area contributed by atoms with Gasteiger partial charge in [-0.15, -0.1) is 18.2 Å². The molecule has 0 bridgehead atoms. The number of rotatable bonds is 2. The van der Waals surface area contributed by atoms with Crippen molar-refractivity contribution in [2.24, 2.45) is 35.5 Å². The predicted molar refractivity (Wildman–Crippen MR) is 524 cm³/mol. The van der Waals surface area contributed by atoms with Crippen LogP contribution in [0.25, 0.3) is 188 Å². The Kier molecular flexibility index (Phi) is 16.6. The van der Waals surface area contributed by atoms with E-state index in [2.05, 4.69) is 371 Å². The van der Waals surface area contributed by atoms with Crippen molar-refractivity contribution in [2.75, 3.05) is 0 Å². The molecule has 9 unspecified atom stereocenters. The van der Waals surface area contributed by atoms with Crippen molar-refractivity contribution >= 4 is 131 Å². The first-order chi connectivity index (χ1) is 64.0. The molecule has 0 amide bonds. The van der Waals surface area contributed by atoms with Gasteiger partial charge in [0.15, 0.2) is 11.6 Å². The first kappa shape index (κ1) is 79.8. The third kappa shape index (κ3) is 9.17. The molecule has 0 saturated heterocycles.